The first-order valence-electron chi connectivity index (χ1n) is 9.31. The summed E-state index contributed by atoms with van der Waals surface area (Å²) in [5.41, 5.74) is 2.11. The first kappa shape index (κ1) is 20.4. The van der Waals surface area contributed by atoms with E-state index in [1.165, 1.54) is 0 Å². The fraction of sp³-hybridized carbons (Fsp3) is 0.381. The maximum absolute atomic E-state index is 13.1. The lowest BCUT2D eigenvalue weighted by Crippen LogP contribution is -2.48. The van der Waals surface area contributed by atoms with Crippen molar-refractivity contribution in [3.63, 3.8) is 0 Å². The molecule has 0 spiro atoms. The number of carbonyl (C=O) groups excluding carboxylic acids is 1. The van der Waals surface area contributed by atoms with Crippen molar-refractivity contribution in [3.8, 4) is 0 Å². The minimum atomic E-state index is -3.82. The van der Waals surface area contributed by atoms with Crippen LogP contribution in [0.1, 0.15) is 35.3 Å². The summed E-state index contributed by atoms with van der Waals surface area (Å²) < 4.78 is 34.2. The number of hydrogen-bond acceptors (Lipinski definition) is 4. The Hall–Kier alpha value is -2.38. The number of hydrogen-bond donors (Lipinski definition) is 1. The molecule has 1 aliphatic rings. The molecule has 7 heteroatoms. The van der Waals surface area contributed by atoms with Crippen LogP contribution in [0.2, 0.25) is 0 Å². The molecule has 3 rings (SSSR count). The van der Waals surface area contributed by atoms with Gasteiger partial charge in [-0.05, 0) is 57.0 Å². The molecule has 28 heavy (non-hydrogen) atoms. The lowest BCUT2D eigenvalue weighted by atomic mass is 10.1. The quantitative estimate of drug-likeness (QED) is 0.851. The van der Waals surface area contributed by atoms with Gasteiger partial charge in [-0.15, -0.1) is 0 Å². The number of morpholine rings is 1. The summed E-state index contributed by atoms with van der Waals surface area (Å²) in [5.74, 6) is -0.207. The minimum Gasteiger partial charge on any atom is -0.372 e. The Labute approximate surface area is 166 Å². The smallest absolute Gasteiger partial charge is 0.262 e. The van der Waals surface area contributed by atoms with E-state index in [-0.39, 0.29) is 28.7 Å². The molecular formula is C21H26N2O4S. The van der Waals surface area contributed by atoms with Crippen molar-refractivity contribution in [2.24, 2.45) is 0 Å². The number of aryl methyl sites for hydroxylation is 2. The van der Waals surface area contributed by atoms with Crippen LogP contribution in [0.3, 0.4) is 0 Å². The SMILES string of the molecule is Cc1ccc(C)c(S(=O)(=O)Nc2ccccc2C(=O)N2CC(C)OC(C)C2)c1. The van der Waals surface area contributed by atoms with Crippen molar-refractivity contribution in [2.45, 2.75) is 44.8 Å². The summed E-state index contributed by atoms with van der Waals surface area (Å²) in [6.07, 6.45) is -0.127. The van der Waals surface area contributed by atoms with Gasteiger partial charge < -0.3 is 9.64 Å². The standard InChI is InChI=1S/C21H26N2O4S/c1-14-9-10-15(2)20(11-14)28(25,26)22-19-8-6-5-7-18(19)21(24)23-12-16(3)27-17(4)13-23/h5-11,16-17,22H,12-13H2,1-4H3. The Morgan fingerprint density at radius 1 is 1.07 bits per heavy atom. The molecule has 1 amide bonds. The maximum Gasteiger partial charge on any atom is 0.262 e. The number of benzene rings is 2. The molecule has 1 N–H and O–H groups in total. The third kappa shape index (κ3) is 4.36. The van der Waals surface area contributed by atoms with Gasteiger partial charge in [-0.3, -0.25) is 9.52 Å². The first-order valence-corrected chi connectivity index (χ1v) is 10.8. The minimum absolute atomic E-state index is 0.0634. The molecule has 2 aromatic rings. The zero-order valence-corrected chi connectivity index (χ0v) is 17.4. The van der Waals surface area contributed by atoms with Gasteiger partial charge in [0.25, 0.3) is 15.9 Å². The summed E-state index contributed by atoms with van der Waals surface area (Å²) in [5, 5.41) is 0. The van der Waals surface area contributed by atoms with Crippen LogP contribution in [-0.4, -0.2) is 44.5 Å². The van der Waals surface area contributed by atoms with Crippen LogP contribution in [0.25, 0.3) is 0 Å². The van der Waals surface area contributed by atoms with Crippen LogP contribution in [0.5, 0.6) is 0 Å². The van der Waals surface area contributed by atoms with E-state index in [4.69, 9.17) is 4.74 Å². The van der Waals surface area contributed by atoms with Crippen LogP contribution >= 0.6 is 0 Å². The van der Waals surface area contributed by atoms with Crippen LogP contribution in [0.4, 0.5) is 5.69 Å². The highest BCUT2D eigenvalue weighted by Crippen LogP contribution is 2.25. The summed E-state index contributed by atoms with van der Waals surface area (Å²) in [6.45, 7) is 8.39. The average Bonchev–Trinajstić information content (AvgIpc) is 2.62. The lowest BCUT2D eigenvalue weighted by molar-refractivity contribution is -0.0585. The highest BCUT2D eigenvalue weighted by atomic mass is 32.2. The Morgan fingerprint density at radius 3 is 2.39 bits per heavy atom. The summed E-state index contributed by atoms with van der Waals surface area (Å²) >= 11 is 0. The van der Waals surface area contributed by atoms with Gasteiger partial charge in [-0.25, -0.2) is 8.42 Å². The van der Waals surface area contributed by atoms with Crippen molar-refractivity contribution in [1.29, 1.82) is 0 Å². The van der Waals surface area contributed by atoms with E-state index in [1.807, 2.05) is 26.8 Å². The number of nitrogens with zero attached hydrogens (tertiary/aromatic N) is 1. The van der Waals surface area contributed by atoms with Gasteiger partial charge in [-0.1, -0.05) is 24.3 Å². The van der Waals surface area contributed by atoms with Gasteiger partial charge in [0.05, 0.1) is 28.4 Å². The maximum atomic E-state index is 13.1. The summed E-state index contributed by atoms with van der Waals surface area (Å²) in [6, 6.07) is 12.0. The number of rotatable bonds is 4. The van der Waals surface area contributed by atoms with E-state index in [0.29, 0.717) is 24.2 Å². The van der Waals surface area contributed by atoms with E-state index in [9.17, 15) is 13.2 Å². The van der Waals surface area contributed by atoms with E-state index >= 15 is 0 Å². The van der Waals surface area contributed by atoms with Gasteiger partial charge in [0, 0.05) is 13.1 Å². The van der Waals surface area contributed by atoms with Gasteiger partial charge >= 0.3 is 0 Å². The fourth-order valence-corrected chi connectivity index (χ4v) is 4.88. The monoisotopic (exact) mass is 402 g/mol. The average molecular weight is 403 g/mol. The third-order valence-corrected chi connectivity index (χ3v) is 6.25. The molecule has 1 saturated heterocycles. The second-order valence-electron chi connectivity index (χ2n) is 7.39. The van der Waals surface area contributed by atoms with Crippen molar-refractivity contribution in [1.82, 2.24) is 4.90 Å². The van der Waals surface area contributed by atoms with Crippen LogP contribution < -0.4 is 4.72 Å². The molecule has 1 fully saturated rings. The summed E-state index contributed by atoms with van der Waals surface area (Å²) in [4.78, 5) is 15.0. The van der Waals surface area contributed by atoms with Crippen molar-refractivity contribution < 1.29 is 17.9 Å². The Kier molecular flexibility index (Phi) is 5.76. The highest BCUT2D eigenvalue weighted by molar-refractivity contribution is 7.92. The molecule has 1 heterocycles. The molecule has 150 valence electrons. The lowest BCUT2D eigenvalue weighted by Gasteiger charge is -2.35. The number of anilines is 1. The van der Waals surface area contributed by atoms with Gasteiger partial charge in [0.1, 0.15) is 0 Å². The predicted octanol–water partition coefficient (Wildman–Crippen LogP) is 3.35. The molecule has 0 radical (unpaired) electrons. The number of carbonyl (C=O) groups is 1. The molecule has 0 bridgehead atoms. The topological polar surface area (TPSA) is 75.7 Å². The molecule has 6 nitrogen and oxygen atoms in total. The first-order chi connectivity index (χ1) is 13.2. The third-order valence-electron chi connectivity index (χ3n) is 4.74. The Bertz CT molecular complexity index is 978. The van der Waals surface area contributed by atoms with Gasteiger partial charge in [-0.2, -0.15) is 0 Å². The number of sulfonamides is 1. The van der Waals surface area contributed by atoms with Crippen molar-refractivity contribution in [3.05, 3.63) is 59.2 Å². The fourth-order valence-electron chi connectivity index (χ4n) is 3.47. The highest BCUT2D eigenvalue weighted by Gasteiger charge is 2.28. The molecule has 0 aliphatic carbocycles. The van der Waals surface area contributed by atoms with E-state index in [1.54, 1.807) is 48.2 Å². The zero-order valence-electron chi connectivity index (χ0n) is 16.6. The zero-order chi connectivity index (χ0) is 20.5. The second-order valence-corrected chi connectivity index (χ2v) is 9.04. The van der Waals surface area contributed by atoms with E-state index in [2.05, 4.69) is 4.72 Å². The molecule has 0 aromatic heterocycles. The number of nitrogens with one attached hydrogen (secondary N) is 1. The predicted molar refractivity (Wildman–Crippen MR) is 109 cm³/mol. The second kappa shape index (κ2) is 7.93. The van der Waals surface area contributed by atoms with Gasteiger partial charge in [0.2, 0.25) is 0 Å². The van der Waals surface area contributed by atoms with Crippen molar-refractivity contribution >= 4 is 21.6 Å². The van der Waals surface area contributed by atoms with Crippen LogP contribution in [-0.2, 0) is 14.8 Å². The van der Waals surface area contributed by atoms with Crippen LogP contribution in [0, 0.1) is 13.8 Å². The Morgan fingerprint density at radius 2 is 1.71 bits per heavy atom. The van der Waals surface area contributed by atoms with E-state index in [0.717, 1.165) is 5.56 Å². The molecular weight excluding hydrogens is 376 g/mol. The molecule has 1 aliphatic heterocycles. The number of ether oxygens (including phenoxy) is 1. The van der Waals surface area contributed by atoms with Crippen LogP contribution in [0.15, 0.2) is 47.4 Å². The van der Waals surface area contributed by atoms with Gasteiger partial charge in [0.15, 0.2) is 0 Å². The molecule has 2 aromatic carbocycles. The summed E-state index contributed by atoms with van der Waals surface area (Å²) in [7, 11) is -3.82. The largest absolute Gasteiger partial charge is 0.372 e. The number of amides is 1. The normalized spacial score (nSPS) is 20.1. The van der Waals surface area contributed by atoms with Crippen molar-refractivity contribution in [2.75, 3.05) is 17.8 Å². The molecule has 2 unspecified atom stereocenters. The Balaban J connectivity index is 1.92. The van der Waals surface area contributed by atoms with E-state index < -0.39 is 10.0 Å². The molecule has 2 atom stereocenters. The molecule has 0 saturated carbocycles. The number of para-hydroxylation sites is 1.